The first kappa shape index (κ1) is 18.9. The zero-order valence-corrected chi connectivity index (χ0v) is 13.3. The summed E-state index contributed by atoms with van der Waals surface area (Å²) in [5, 5.41) is 11.3. The van der Waals surface area contributed by atoms with Crippen LogP contribution < -0.4 is 5.32 Å². The van der Waals surface area contributed by atoms with Crippen LogP contribution in [0, 0.1) is 0 Å². The van der Waals surface area contributed by atoms with E-state index in [9.17, 15) is 18.0 Å². The molecule has 0 aliphatic rings. The Morgan fingerprint density at radius 3 is 2.05 bits per heavy atom. The Labute approximate surface area is 119 Å². The molecule has 0 aromatic rings. The maximum absolute atomic E-state index is 11.9. The van der Waals surface area contributed by atoms with Gasteiger partial charge in [0, 0.05) is 7.11 Å². The molecule has 0 aromatic heterocycles. The van der Waals surface area contributed by atoms with Gasteiger partial charge in [-0.15, -0.1) is 0 Å². The van der Waals surface area contributed by atoms with Gasteiger partial charge in [-0.05, 0) is 27.7 Å². The summed E-state index contributed by atoms with van der Waals surface area (Å²) in [5.74, 6) is -2.53. The van der Waals surface area contributed by atoms with Gasteiger partial charge in [0.25, 0.3) is 0 Å². The maximum Gasteiger partial charge on any atom is 0.305 e. The highest BCUT2D eigenvalue weighted by molar-refractivity contribution is 7.93. The lowest BCUT2D eigenvalue weighted by molar-refractivity contribution is -0.139. The molecule has 1 amide bonds. The molecule has 0 saturated heterocycles. The molecule has 0 aliphatic heterocycles. The predicted molar refractivity (Wildman–Crippen MR) is 74.2 cm³/mol. The minimum atomic E-state index is -3.61. The van der Waals surface area contributed by atoms with Crippen molar-refractivity contribution in [1.82, 2.24) is 5.32 Å². The molecular weight excluding hydrogens is 286 g/mol. The van der Waals surface area contributed by atoms with Gasteiger partial charge in [0.05, 0.1) is 23.3 Å². The minimum Gasteiger partial charge on any atom is -0.481 e. The van der Waals surface area contributed by atoms with Crippen molar-refractivity contribution in [2.45, 2.75) is 44.4 Å². The fourth-order valence-electron chi connectivity index (χ4n) is 1.55. The number of carboxylic acid groups (broad SMARTS) is 1. The second kappa shape index (κ2) is 6.53. The predicted octanol–water partition coefficient (Wildman–Crippen LogP) is 0.196. The van der Waals surface area contributed by atoms with Gasteiger partial charge in [-0.25, -0.2) is 8.42 Å². The Hall–Kier alpha value is -1.15. The third-order valence-corrected chi connectivity index (χ3v) is 5.21. The van der Waals surface area contributed by atoms with E-state index in [0.29, 0.717) is 0 Å². The zero-order chi connectivity index (χ0) is 16.2. The van der Waals surface area contributed by atoms with E-state index in [2.05, 4.69) is 5.32 Å². The molecule has 0 spiro atoms. The molecule has 0 heterocycles. The van der Waals surface area contributed by atoms with Crippen LogP contribution >= 0.6 is 0 Å². The van der Waals surface area contributed by atoms with Gasteiger partial charge in [-0.3, -0.25) is 9.59 Å². The summed E-state index contributed by atoms with van der Waals surface area (Å²) < 4.78 is 27.7. The number of carbonyl (C=O) groups is 2. The highest BCUT2D eigenvalue weighted by atomic mass is 32.2. The average Bonchev–Trinajstić information content (AvgIpc) is 2.11. The molecule has 0 radical (unpaired) electrons. The van der Waals surface area contributed by atoms with Crippen LogP contribution in [0.15, 0.2) is 0 Å². The van der Waals surface area contributed by atoms with E-state index in [1.54, 1.807) is 0 Å². The number of nitrogens with one attached hydrogen (secondary N) is 1. The molecule has 0 rings (SSSR count). The molecule has 7 nitrogen and oxygen atoms in total. The van der Waals surface area contributed by atoms with Gasteiger partial charge in [-0.1, -0.05) is 0 Å². The van der Waals surface area contributed by atoms with Crippen molar-refractivity contribution < 1.29 is 27.9 Å². The molecule has 8 heteroatoms. The van der Waals surface area contributed by atoms with Crippen LogP contribution in [-0.2, 0) is 24.2 Å². The van der Waals surface area contributed by atoms with Crippen LogP contribution in [0.1, 0.15) is 34.1 Å². The number of sulfone groups is 1. The van der Waals surface area contributed by atoms with Crippen LogP contribution in [-0.4, -0.2) is 55.2 Å². The van der Waals surface area contributed by atoms with E-state index in [4.69, 9.17) is 9.84 Å². The van der Waals surface area contributed by atoms with Crippen molar-refractivity contribution in [3.05, 3.63) is 0 Å². The normalized spacial score (nSPS) is 15.4. The molecule has 0 bridgehead atoms. The fraction of sp³-hybridized carbons (Fsp3) is 0.833. The monoisotopic (exact) mass is 309 g/mol. The van der Waals surface area contributed by atoms with Crippen LogP contribution in [0.2, 0.25) is 0 Å². The second-order valence-corrected chi connectivity index (χ2v) is 8.73. The Morgan fingerprint density at radius 2 is 1.70 bits per heavy atom. The number of aliphatic carboxylic acids is 1. The Balaban J connectivity index is 4.92. The number of carboxylic acids is 1. The molecule has 20 heavy (non-hydrogen) atoms. The second-order valence-electron chi connectivity index (χ2n) is 5.98. The highest BCUT2D eigenvalue weighted by Crippen LogP contribution is 2.17. The summed E-state index contributed by atoms with van der Waals surface area (Å²) >= 11 is 0. The molecule has 0 saturated carbocycles. The standard InChI is InChI=1S/C12H23NO6S/c1-11(2,3)20(17,18)7-9(14)13-12(4,8-19-5)6-10(15)16/h6-8H2,1-5H3,(H,13,14)(H,15,16). The largest absolute Gasteiger partial charge is 0.481 e. The van der Waals surface area contributed by atoms with E-state index in [-0.39, 0.29) is 13.0 Å². The first-order valence-electron chi connectivity index (χ1n) is 6.07. The molecule has 2 N–H and O–H groups in total. The molecular formula is C12H23NO6S. The lowest BCUT2D eigenvalue weighted by Gasteiger charge is -2.29. The van der Waals surface area contributed by atoms with Crippen molar-refractivity contribution in [3.63, 3.8) is 0 Å². The highest BCUT2D eigenvalue weighted by Gasteiger charge is 2.35. The van der Waals surface area contributed by atoms with Gasteiger partial charge < -0.3 is 15.2 Å². The molecule has 0 aromatic carbocycles. The summed E-state index contributed by atoms with van der Waals surface area (Å²) in [7, 11) is -2.24. The van der Waals surface area contributed by atoms with Crippen LogP contribution in [0.5, 0.6) is 0 Å². The Bertz CT molecular complexity index is 465. The summed E-state index contributed by atoms with van der Waals surface area (Å²) in [6.45, 7) is 5.97. The first-order chi connectivity index (χ1) is 8.83. The average molecular weight is 309 g/mol. The van der Waals surface area contributed by atoms with Crippen molar-refractivity contribution in [2.75, 3.05) is 19.5 Å². The third kappa shape index (κ3) is 5.87. The summed E-state index contributed by atoms with van der Waals surface area (Å²) in [5.41, 5.74) is -1.15. The Kier molecular flexibility index (Phi) is 6.16. The molecule has 1 unspecified atom stereocenters. The van der Waals surface area contributed by atoms with Gasteiger partial charge in [0.2, 0.25) is 5.91 Å². The van der Waals surface area contributed by atoms with E-state index in [1.165, 1.54) is 34.8 Å². The number of hydrogen-bond donors (Lipinski definition) is 2. The maximum atomic E-state index is 11.9. The van der Waals surface area contributed by atoms with E-state index in [0.717, 1.165) is 0 Å². The number of ether oxygens (including phenoxy) is 1. The lowest BCUT2D eigenvalue weighted by Crippen LogP contribution is -2.53. The topological polar surface area (TPSA) is 110 Å². The molecule has 0 aliphatic carbocycles. The minimum absolute atomic E-state index is 0.0272. The van der Waals surface area contributed by atoms with Gasteiger partial charge in [0.15, 0.2) is 9.84 Å². The Morgan fingerprint density at radius 1 is 1.20 bits per heavy atom. The van der Waals surface area contributed by atoms with Crippen LogP contribution in [0.3, 0.4) is 0 Å². The summed E-state index contributed by atoms with van der Waals surface area (Å²) in [4.78, 5) is 22.6. The van der Waals surface area contributed by atoms with Gasteiger partial charge >= 0.3 is 5.97 Å². The van der Waals surface area contributed by atoms with Crippen molar-refractivity contribution in [2.24, 2.45) is 0 Å². The zero-order valence-electron chi connectivity index (χ0n) is 12.5. The molecule has 118 valence electrons. The van der Waals surface area contributed by atoms with Crippen molar-refractivity contribution >= 4 is 21.7 Å². The van der Waals surface area contributed by atoms with Crippen LogP contribution in [0.25, 0.3) is 0 Å². The smallest absolute Gasteiger partial charge is 0.305 e. The molecule has 1 atom stereocenters. The van der Waals surface area contributed by atoms with Crippen LogP contribution in [0.4, 0.5) is 0 Å². The van der Waals surface area contributed by atoms with E-state index in [1.807, 2.05) is 0 Å². The van der Waals surface area contributed by atoms with Crippen molar-refractivity contribution in [3.8, 4) is 0 Å². The number of carbonyl (C=O) groups excluding carboxylic acids is 1. The number of amides is 1. The number of hydrogen-bond acceptors (Lipinski definition) is 5. The number of methoxy groups -OCH3 is 1. The molecule has 0 fully saturated rings. The first-order valence-corrected chi connectivity index (χ1v) is 7.72. The lowest BCUT2D eigenvalue weighted by atomic mass is 9.99. The van der Waals surface area contributed by atoms with Crippen molar-refractivity contribution in [1.29, 1.82) is 0 Å². The quantitative estimate of drug-likeness (QED) is 0.695. The SMILES string of the molecule is COCC(C)(CC(=O)O)NC(=O)CS(=O)(=O)C(C)(C)C. The van der Waals surface area contributed by atoms with Gasteiger partial charge in [0.1, 0.15) is 5.75 Å². The van der Waals surface area contributed by atoms with Gasteiger partial charge in [-0.2, -0.15) is 0 Å². The fourth-order valence-corrected chi connectivity index (χ4v) is 2.40. The number of rotatable bonds is 7. The summed E-state index contributed by atoms with van der Waals surface area (Å²) in [6.07, 6.45) is -0.359. The van der Waals surface area contributed by atoms with E-state index >= 15 is 0 Å². The third-order valence-electron chi connectivity index (χ3n) is 2.70. The summed E-state index contributed by atoms with van der Waals surface area (Å²) in [6, 6.07) is 0. The van der Waals surface area contributed by atoms with E-state index < -0.39 is 37.8 Å².